The first kappa shape index (κ1) is 19.9. The zero-order valence-corrected chi connectivity index (χ0v) is 17.4. The number of nitrogens with one attached hydrogen (secondary N) is 1. The zero-order valence-electron chi connectivity index (χ0n) is 15.8. The van der Waals surface area contributed by atoms with Gasteiger partial charge in [0.2, 0.25) is 10.0 Å². The van der Waals surface area contributed by atoms with E-state index in [0.29, 0.717) is 18.4 Å². The summed E-state index contributed by atoms with van der Waals surface area (Å²) >= 11 is 1.20. The number of halogens is 1. The Kier molecular flexibility index (Phi) is 4.71. The molecule has 11 heteroatoms. The van der Waals surface area contributed by atoms with E-state index in [0.717, 1.165) is 15.1 Å². The van der Waals surface area contributed by atoms with E-state index >= 15 is 0 Å². The van der Waals surface area contributed by atoms with Crippen LogP contribution in [-0.2, 0) is 23.6 Å². The molecule has 0 amide bonds. The quantitative estimate of drug-likeness (QED) is 0.625. The summed E-state index contributed by atoms with van der Waals surface area (Å²) in [5.74, 6) is 0. The summed E-state index contributed by atoms with van der Waals surface area (Å²) in [7, 11) is -2.48. The van der Waals surface area contributed by atoms with Crippen LogP contribution in [0.15, 0.2) is 38.8 Å². The van der Waals surface area contributed by atoms with Gasteiger partial charge in [-0.1, -0.05) is 0 Å². The molecular weight excluding hydrogens is 419 g/mol. The second kappa shape index (κ2) is 6.85. The second-order valence-corrected chi connectivity index (χ2v) is 9.94. The summed E-state index contributed by atoms with van der Waals surface area (Å²) in [6.45, 7) is 1.08. The van der Waals surface area contributed by atoms with E-state index in [1.807, 2.05) is 6.92 Å². The maximum Gasteiger partial charge on any atom is 0.331 e. The Bertz CT molecular complexity index is 1340. The van der Waals surface area contributed by atoms with Crippen molar-refractivity contribution in [2.24, 2.45) is 7.05 Å². The van der Waals surface area contributed by atoms with Gasteiger partial charge in [0.05, 0.1) is 33.6 Å². The molecule has 8 nitrogen and oxygen atoms in total. The number of sulfonamides is 1. The van der Waals surface area contributed by atoms with Crippen molar-refractivity contribution in [1.82, 2.24) is 18.2 Å². The van der Waals surface area contributed by atoms with E-state index in [1.54, 1.807) is 6.07 Å². The van der Waals surface area contributed by atoms with E-state index in [4.69, 9.17) is 0 Å². The molecule has 1 aliphatic carbocycles. The molecule has 1 aromatic carbocycles. The molecule has 0 unspecified atom stereocenters. The van der Waals surface area contributed by atoms with Gasteiger partial charge in [-0.25, -0.2) is 22.3 Å². The van der Waals surface area contributed by atoms with E-state index < -0.39 is 33.5 Å². The lowest BCUT2D eigenvalue weighted by atomic mass is 10.2. The maximum absolute atomic E-state index is 13.1. The topological polar surface area (TPSA) is 103 Å². The smallest absolute Gasteiger partial charge is 0.296 e. The predicted molar refractivity (Wildman–Crippen MR) is 108 cm³/mol. The molecule has 0 bridgehead atoms. The van der Waals surface area contributed by atoms with Crippen molar-refractivity contribution in [2.45, 2.75) is 36.7 Å². The second-order valence-electron chi connectivity index (χ2n) is 7.37. The summed E-state index contributed by atoms with van der Waals surface area (Å²) in [4.78, 5) is 26.3. The van der Waals surface area contributed by atoms with E-state index in [-0.39, 0.29) is 16.8 Å². The van der Waals surface area contributed by atoms with E-state index in [9.17, 15) is 22.4 Å². The highest BCUT2D eigenvalue weighted by molar-refractivity contribution is 7.89. The lowest BCUT2D eigenvalue weighted by molar-refractivity contribution is 0.393. The van der Waals surface area contributed by atoms with Crippen LogP contribution >= 0.6 is 11.5 Å². The molecule has 1 fully saturated rings. The van der Waals surface area contributed by atoms with Crippen molar-refractivity contribution < 1.29 is 12.8 Å². The Hall–Kier alpha value is -2.37. The standard InChI is InChI=1S/C18H19FN4O4S2/c1-11-7-12(28-20-11)9-23-16(24)14-8-13(3-4-15(14)22(2)17(23)25)29(26,27)21-18(10-19)5-6-18/h3-4,7-8,21H,5-6,9-10H2,1-2H3. The van der Waals surface area contributed by atoms with Gasteiger partial charge in [0.1, 0.15) is 6.67 Å². The summed E-state index contributed by atoms with van der Waals surface area (Å²) in [6.07, 6.45) is 0.873. The van der Waals surface area contributed by atoms with Gasteiger partial charge in [-0.2, -0.15) is 4.37 Å². The van der Waals surface area contributed by atoms with Crippen LogP contribution in [0.25, 0.3) is 10.9 Å². The lowest BCUT2D eigenvalue weighted by Gasteiger charge is -2.15. The number of hydrogen-bond donors (Lipinski definition) is 1. The number of fused-ring (bicyclic) bond motifs is 1. The molecule has 2 heterocycles. The van der Waals surface area contributed by atoms with Crippen LogP contribution in [0.3, 0.4) is 0 Å². The van der Waals surface area contributed by atoms with Gasteiger partial charge in [-0.05, 0) is 55.6 Å². The highest BCUT2D eigenvalue weighted by atomic mass is 32.2. The largest absolute Gasteiger partial charge is 0.331 e. The molecule has 1 aliphatic rings. The fourth-order valence-electron chi connectivity index (χ4n) is 3.21. The molecule has 0 saturated heterocycles. The van der Waals surface area contributed by atoms with Crippen LogP contribution in [0.4, 0.5) is 4.39 Å². The third kappa shape index (κ3) is 3.53. The molecule has 1 N–H and O–H groups in total. The Balaban J connectivity index is 1.83. The first-order valence-electron chi connectivity index (χ1n) is 8.91. The van der Waals surface area contributed by atoms with Gasteiger partial charge in [0.25, 0.3) is 5.56 Å². The third-order valence-electron chi connectivity index (χ3n) is 5.08. The Morgan fingerprint density at radius 3 is 2.59 bits per heavy atom. The van der Waals surface area contributed by atoms with Crippen molar-refractivity contribution in [3.63, 3.8) is 0 Å². The SMILES string of the molecule is Cc1cc(Cn2c(=O)c3cc(S(=O)(=O)NC4(CF)CC4)ccc3n(C)c2=O)sn1. The van der Waals surface area contributed by atoms with Crippen LogP contribution in [-0.4, -0.2) is 34.1 Å². The van der Waals surface area contributed by atoms with Crippen LogP contribution in [0.2, 0.25) is 0 Å². The molecule has 0 radical (unpaired) electrons. The molecule has 0 aliphatic heterocycles. The average molecular weight is 439 g/mol. The van der Waals surface area contributed by atoms with E-state index in [1.165, 1.54) is 41.3 Å². The van der Waals surface area contributed by atoms with Gasteiger partial charge in [0.15, 0.2) is 0 Å². The Morgan fingerprint density at radius 2 is 2.00 bits per heavy atom. The van der Waals surface area contributed by atoms with Crippen molar-refractivity contribution in [3.05, 3.63) is 55.7 Å². The maximum atomic E-state index is 13.1. The summed E-state index contributed by atoms with van der Waals surface area (Å²) in [6, 6.07) is 5.76. The van der Waals surface area contributed by atoms with E-state index in [2.05, 4.69) is 9.10 Å². The summed E-state index contributed by atoms with van der Waals surface area (Å²) in [5.41, 5.74) is -1.02. The van der Waals surface area contributed by atoms with Crippen molar-refractivity contribution in [2.75, 3.05) is 6.67 Å². The normalized spacial score (nSPS) is 15.7. The number of benzene rings is 1. The zero-order chi connectivity index (χ0) is 21.0. The van der Waals surface area contributed by atoms with Crippen molar-refractivity contribution in [3.8, 4) is 0 Å². The molecule has 1 saturated carbocycles. The van der Waals surface area contributed by atoms with Gasteiger partial charge >= 0.3 is 5.69 Å². The van der Waals surface area contributed by atoms with Crippen molar-refractivity contribution >= 4 is 32.5 Å². The highest BCUT2D eigenvalue weighted by Crippen LogP contribution is 2.37. The first-order valence-corrected chi connectivity index (χ1v) is 11.2. The Morgan fingerprint density at radius 1 is 1.28 bits per heavy atom. The minimum absolute atomic E-state index is 0.0488. The minimum atomic E-state index is -4.00. The molecular formula is C18H19FN4O4S2. The van der Waals surface area contributed by atoms with Crippen LogP contribution in [0.1, 0.15) is 23.4 Å². The van der Waals surface area contributed by atoms with Gasteiger partial charge in [-0.15, -0.1) is 0 Å². The molecule has 3 aromatic rings. The number of nitrogens with zero attached hydrogens (tertiary/aromatic N) is 3. The monoisotopic (exact) mass is 438 g/mol. The molecule has 154 valence electrons. The number of hydrogen-bond acceptors (Lipinski definition) is 6. The van der Waals surface area contributed by atoms with Crippen LogP contribution in [0, 0.1) is 6.92 Å². The number of rotatable bonds is 6. The predicted octanol–water partition coefficient (Wildman–Crippen LogP) is 1.29. The first-order chi connectivity index (χ1) is 13.7. The van der Waals surface area contributed by atoms with Crippen LogP contribution in [0.5, 0.6) is 0 Å². The molecule has 0 atom stereocenters. The fraction of sp³-hybridized carbons (Fsp3) is 0.389. The highest BCUT2D eigenvalue weighted by Gasteiger charge is 2.46. The molecule has 2 aromatic heterocycles. The van der Waals surface area contributed by atoms with Crippen LogP contribution < -0.4 is 16.0 Å². The summed E-state index contributed by atoms with van der Waals surface area (Å²) < 4.78 is 47.4. The average Bonchev–Trinajstić information content (AvgIpc) is 3.33. The van der Waals surface area contributed by atoms with Gasteiger partial charge in [-0.3, -0.25) is 13.9 Å². The lowest BCUT2D eigenvalue weighted by Crippen LogP contribution is -2.40. The van der Waals surface area contributed by atoms with Crippen molar-refractivity contribution in [1.29, 1.82) is 0 Å². The minimum Gasteiger partial charge on any atom is -0.296 e. The number of aromatic nitrogens is 3. The third-order valence-corrected chi connectivity index (χ3v) is 7.52. The molecule has 29 heavy (non-hydrogen) atoms. The fourth-order valence-corrected chi connectivity index (χ4v) is 5.40. The molecule has 4 rings (SSSR count). The Labute approximate surface area is 169 Å². The number of alkyl halides is 1. The number of aryl methyl sites for hydroxylation is 2. The van der Waals surface area contributed by atoms with Gasteiger partial charge < -0.3 is 0 Å². The summed E-state index contributed by atoms with van der Waals surface area (Å²) in [5, 5.41) is 0.0984. The van der Waals surface area contributed by atoms with Gasteiger partial charge in [0, 0.05) is 11.9 Å². The molecule has 0 spiro atoms.